The molecular formula is C27H47N3O6. The van der Waals surface area contributed by atoms with E-state index in [2.05, 4.69) is 17.6 Å². The molecule has 0 bridgehead atoms. The Morgan fingerprint density at radius 1 is 1.11 bits per heavy atom. The molecule has 9 nitrogen and oxygen atoms in total. The van der Waals surface area contributed by atoms with Gasteiger partial charge in [-0.1, -0.05) is 58.6 Å². The topological polar surface area (TPSA) is 125 Å². The van der Waals surface area contributed by atoms with Crippen molar-refractivity contribution in [2.24, 2.45) is 11.8 Å². The first-order chi connectivity index (χ1) is 17.0. The number of carbonyl (C=O) groups is 4. The fraction of sp³-hybridized carbons (Fsp3) is 0.778. The third-order valence-corrected chi connectivity index (χ3v) is 6.39. The smallest absolute Gasteiger partial charge is 0.408 e. The zero-order valence-electron chi connectivity index (χ0n) is 22.8. The summed E-state index contributed by atoms with van der Waals surface area (Å²) in [4.78, 5) is 52.0. The summed E-state index contributed by atoms with van der Waals surface area (Å²) in [6.07, 6.45) is 11.1. The number of rotatable bonds is 10. The van der Waals surface area contributed by atoms with Gasteiger partial charge in [-0.2, -0.15) is 0 Å². The highest BCUT2D eigenvalue weighted by molar-refractivity contribution is 5.89. The predicted molar refractivity (Wildman–Crippen MR) is 139 cm³/mol. The molecule has 0 aromatic heterocycles. The van der Waals surface area contributed by atoms with E-state index in [9.17, 15) is 24.3 Å². The number of unbranched alkanes of at least 4 members (excludes halogenated alkanes) is 4. The van der Waals surface area contributed by atoms with Gasteiger partial charge in [0.15, 0.2) is 0 Å². The minimum atomic E-state index is -1.26. The number of carboxylic acid groups (broad SMARTS) is 1. The molecule has 36 heavy (non-hydrogen) atoms. The van der Waals surface area contributed by atoms with Crippen molar-refractivity contribution in [3.63, 3.8) is 0 Å². The normalized spacial score (nSPS) is 25.1. The summed E-state index contributed by atoms with van der Waals surface area (Å²) in [5, 5.41) is 15.0. The van der Waals surface area contributed by atoms with Crippen molar-refractivity contribution >= 4 is 23.9 Å². The van der Waals surface area contributed by atoms with Crippen molar-refractivity contribution in [2.75, 3.05) is 14.1 Å². The van der Waals surface area contributed by atoms with Crippen LogP contribution in [-0.2, 0) is 19.1 Å². The van der Waals surface area contributed by atoms with Crippen LogP contribution in [0, 0.1) is 11.8 Å². The van der Waals surface area contributed by atoms with E-state index in [1.807, 2.05) is 26.0 Å². The van der Waals surface area contributed by atoms with E-state index in [0.29, 0.717) is 25.7 Å². The maximum absolute atomic E-state index is 13.1. The summed E-state index contributed by atoms with van der Waals surface area (Å²) in [5.74, 6) is -2.52. The molecule has 1 aliphatic heterocycles. The molecule has 0 aromatic rings. The lowest BCUT2D eigenvalue weighted by Gasteiger charge is -2.26. The molecule has 3 amide bonds. The number of nitrogens with zero attached hydrogens (tertiary/aromatic N) is 1. The Bertz CT molecular complexity index is 737. The van der Waals surface area contributed by atoms with E-state index in [1.165, 1.54) is 11.3 Å². The summed E-state index contributed by atoms with van der Waals surface area (Å²) in [6.45, 7) is 6.00. The molecule has 0 radical (unpaired) electrons. The van der Waals surface area contributed by atoms with Crippen LogP contribution in [-0.4, -0.2) is 66.2 Å². The summed E-state index contributed by atoms with van der Waals surface area (Å²) >= 11 is 0. The first-order valence-corrected chi connectivity index (χ1v) is 13.4. The number of hydrogen-bond acceptors (Lipinski definition) is 5. The maximum Gasteiger partial charge on any atom is 0.408 e. The second-order valence-electron chi connectivity index (χ2n) is 10.4. The van der Waals surface area contributed by atoms with Gasteiger partial charge in [0.1, 0.15) is 18.2 Å². The van der Waals surface area contributed by atoms with E-state index in [-0.39, 0.29) is 24.3 Å². The molecule has 4 atom stereocenters. The van der Waals surface area contributed by atoms with Gasteiger partial charge in [0.25, 0.3) is 0 Å². The van der Waals surface area contributed by atoms with Gasteiger partial charge in [0.2, 0.25) is 11.8 Å². The van der Waals surface area contributed by atoms with Crippen LogP contribution in [0.5, 0.6) is 0 Å². The Balaban J connectivity index is 3.13. The molecule has 1 heterocycles. The number of carboxylic acids is 1. The van der Waals surface area contributed by atoms with Crippen molar-refractivity contribution in [3.8, 4) is 0 Å². The average Bonchev–Trinajstić information content (AvgIpc) is 2.80. The van der Waals surface area contributed by atoms with Crippen molar-refractivity contribution in [3.05, 3.63) is 12.2 Å². The minimum absolute atomic E-state index is 0.0400. The molecule has 0 spiro atoms. The number of allylic oxidation sites excluding steroid dienone is 2. The number of aliphatic carboxylic acids is 1. The second-order valence-corrected chi connectivity index (χ2v) is 10.4. The third-order valence-electron chi connectivity index (χ3n) is 6.39. The Labute approximate surface area is 216 Å². The van der Waals surface area contributed by atoms with Crippen molar-refractivity contribution in [2.45, 2.75) is 110 Å². The maximum atomic E-state index is 13.1. The van der Waals surface area contributed by atoms with Crippen LogP contribution in [0.25, 0.3) is 0 Å². The number of alkyl carbamates (subject to hydrolysis) is 1. The fourth-order valence-electron chi connectivity index (χ4n) is 4.37. The number of hydrogen-bond donors (Lipinski definition) is 3. The van der Waals surface area contributed by atoms with Crippen LogP contribution in [0.1, 0.15) is 91.4 Å². The number of amides is 3. The Morgan fingerprint density at radius 2 is 1.81 bits per heavy atom. The molecule has 1 aliphatic rings. The van der Waals surface area contributed by atoms with Crippen LogP contribution in [0.4, 0.5) is 4.79 Å². The molecule has 206 valence electrons. The number of ether oxygens (including phenoxy) is 1. The van der Waals surface area contributed by atoms with Gasteiger partial charge in [-0.25, -0.2) is 9.59 Å². The summed E-state index contributed by atoms with van der Waals surface area (Å²) in [7, 11) is 3.26. The Hall–Kier alpha value is -2.58. The van der Waals surface area contributed by atoms with Crippen LogP contribution >= 0.6 is 0 Å². The molecular weight excluding hydrogens is 462 g/mol. The molecule has 0 aliphatic carbocycles. The minimum Gasteiger partial charge on any atom is -0.480 e. The summed E-state index contributed by atoms with van der Waals surface area (Å²) in [6, 6.07) is -2.19. The van der Waals surface area contributed by atoms with Crippen molar-refractivity contribution in [1.29, 1.82) is 0 Å². The first kappa shape index (κ1) is 31.4. The standard InChI is InChI=1S/C27H47N3O6/c1-6-7-8-9-12-15-21-16-13-10-11-14-20(25(32)30(4)5)18-23(26(33)34)28-24(31)22(17-19(2)3)29-27(35)36-21/h10-11,19-23H,6-9,12-18H2,1-5H3,(H,28,31)(H,29,35)(H,33,34)/b11-10-. The summed E-state index contributed by atoms with van der Waals surface area (Å²) in [5.41, 5.74) is 0. The van der Waals surface area contributed by atoms with Crippen LogP contribution in [0.2, 0.25) is 0 Å². The van der Waals surface area contributed by atoms with Crippen LogP contribution in [0.3, 0.4) is 0 Å². The molecule has 9 heteroatoms. The molecule has 4 unspecified atom stereocenters. The van der Waals surface area contributed by atoms with Gasteiger partial charge in [-0.15, -0.1) is 0 Å². The first-order valence-electron chi connectivity index (χ1n) is 13.4. The van der Waals surface area contributed by atoms with Gasteiger partial charge in [-0.05, 0) is 50.9 Å². The Kier molecular flexibility index (Phi) is 14.8. The lowest BCUT2D eigenvalue weighted by Crippen LogP contribution is -2.53. The van der Waals surface area contributed by atoms with E-state index < -0.39 is 36.0 Å². The van der Waals surface area contributed by atoms with Gasteiger partial charge in [-0.3, -0.25) is 9.59 Å². The molecule has 0 fully saturated rings. The lowest BCUT2D eigenvalue weighted by atomic mass is 9.94. The van der Waals surface area contributed by atoms with Crippen LogP contribution < -0.4 is 10.6 Å². The highest BCUT2D eigenvalue weighted by Gasteiger charge is 2.32. The van der Waals surface area contributed by atoms with E-state index in [1.54, 1.807) is 14.1 Å². The van der Waals surface area contributed by atoms with Crippen molar-refractivity contribution in [1.82, 2.24) is 15.5 Å². The van der Waals surface area contributed by atoms with Gasteiger partial charge < -0.3 is 25.4 Å². The molecule has 3 N–H and O–H groups in total. The zero-order chi connectivity index (χ0) is 27.1. The van der Waals surface area contributed by atoms with Crippen molar-refractivity contribution < 1.29 is 29.0 Å². The lowest BCUT2D eigenvalue weighted by molar-refractivity contribution is -0.143. The number of cyclic esters (lactones) is 1. The predicted octanol–water partition coefficient (Wildman–Crippen LogP) is 4.26. The molecule has 1 rings (SSSR count). The monoisotopic (exact) mass is 509 g/mol. The van der Waals surface area contributed by atoms with Gasteiger partial charge in [0.05, 0.1) is 0 Å². The van der Waals surface area contributed by atoms with Gasteiger partial charge in [0, 0.05) is 20.0 Å². The van der Waals surface area contributed by atoms with Gasteiger partial charge >= 0.3 is 12.1 Å². The van der Waals surface area contributed by atoms with E-state index >= 15 is 0 Å². The SMILES string of the molecule is CCCCCCCC1CC/C=C\CC(C(=O)N(C)C)CC(C(=O)O)NC(=O)C(CC(C)C)NC(=O)O1. The summed E-state index contributed by atoms with van der Waals surface area (Å²) < 4.78 is 5.72. The molecule has 0 saturated carbocycles. The third kappa shape index (κ3) is 12.4. The zero-order valence-corrected chi connectivity index (χ0v) is 22.8. The highest BCUT2D eigenvalue weighted by atomic mass is 16.6. The fourth-order valence-corrected chi connectivity index (χ4v) is 4.37. The highest BCUT2D eigenvalue weighted by Crippen LogP contribution is 2.19. The van der Waals surface area contributed by atoms with Crippen LogP contribution in [0.15, 0.2) is 12.2 Å². The quantitative estimate of drug-likeness (QED) is 0.298. The van der Waals surface area contributed by atoms with E-state index in [0.717, 1.165) is 32.1 Å². The number of nitrogens with one attached hydrogen (secondary N) is 2. The average molecular weight is 510 g/mol. The largest absolute Gasteiger partial charge is 0.480 e. The molecule has 0 saturated heterocycles. The second kappa shape index (κ2) is 17.0. The van der Waals surface area contributed by atoms with E-state index in [4.69, 9.17) is 4.74 Å². The molecule has 0 aromatic carbocycles. The number of carbonyl (C=O) groups excluding carboxylic acids is 3. The Morgan fingerprint density at radius 3 is 2.42 bits per heavy atom.